The van der Waals surface area contributed by atoms with Crippen LogP contribution in [0.1, 0.15) is 40.0 Å². The van der Waals surface area contributed by atoms with E-state index < -0.39 is 0 Å². The summed E-state index contributed by atoms with van der Waals surface area (Å²) in [5, 5.41) is 8.69. The van der Waals surface area contributed by atoms with Gasteiger partial charge >= 0.3 is 0 Å². The van der Waals surface area contributed by atoms with E-state index in [9.17, 15) is 0 Å². The molecule has 0 radical (unpaired) electrons. The molecule has 0 aliphatic heterocycles. The van der Waals surface area contributed by atoms with Gasteiger partial charge in [-0.3, -0.25) is 0 Å². The van der Waals surface area contributed by atoms with Crippen molar-refractivity contribution in [3.05, 3.63) is 5.51 Å². The zero-order valence-corrected chi connectivity index (χ0v) is 13.1. The third kappa shape index (κ3) is 3.45. The smallest absolute Gasteiger partial charge is 0.174 e. The number of nitrogens with zero attached hydrogens (tertiary/aromatic N) is 2. The summed E-state index contributed by atoms with van der Waals surface area (Å²) in [4.78, 5) is 0. The maximum Gasteiger partial charge on any atom is 0.174 e. The molecule has 0 saturated heterocycles. The Bertz CT molecular complexity index is 359. The summed E-state index contributed by atoms with van der Waals surface area (Å²) in [6.45, 7) is 7.86. The summed E-state index contributed by atoms with van der Waals surface area (Å²) in [5.41, 5.74) is 8.14. The molecule has 1 aromatic rings. The van der Waals surface area contributed by atoms with Gasteiger partial charge in [0.05, 0.1) is 0 Å². The summed E-state index contributed by atoms with van der Waals surface area (Å²) in [6, 6.07) is 0. The van der Waals surface area contributed by atoms with Gasteiger partial charge in [0.15, 0.2) is 4.34 Å². The average molecular weight is 285 g/mol. The van der Waals surface area contributed by atoms with Gasteiger partial charge in [0.25, 0.3) is 0 Å². The number of rotatable bonds is 3. The van der Waals surface area contributed by atoms with E-state index in [-0.39, 0.29) is 0 Å². The molecule has 2 N–H and O–H groups in total. The molecule has 0 aromatic carbocycles. The van der Waals surface area contributed by atoms with Crippen LogP contribution in [0.3, 0.4) is 0 Å². The van der Waals surface area contributed by atoms with Crippen LogP contribution >= 0.6 is 23.1 Å². The Labute approximate surface area is 118 Å². The van der Waals surface area contributed by atoms with Gasteiger partial charge in [-0.25, -0.2) is 0 Å². The van der Waals surface area contributed by atoms with Crippen LogP contribution in [0.2, 0.25) is 0 Å². The minimum atomic E-state index is 0.402. The first-order chi connectivity index (χ1) is 8.50. The molecule has 0 amide bonds. The van der Waals surface area contributed by atoms with Gasteiger partial charge in [-0.2, -0.15) is 0 Å². The Morgan fingerprint density at radius 1 is 1.44 bits per heavy atom. The highest BCUT2D eigenvalue weighted by Gasteiger charge is 2.36. The molecule has 1 fully saturated rings. The van der Waals surface area contributed by atoms with Crippen molar-refractivity contribution in [2.75, 3.05) is 6.54 Å². The number of hydrogen-bond donors (Lipinski definition) is 1. The molecule has 18 heavy (non-hydrogen) atoms. The topological polar surface area (TPSA) is 51.8 Å². The minimum absolute atomic E-state index is 0.402. The van der Waals surface area contributed by atoms with E-state index in [1.54, 1.807) is 11.3 Å². The summed E-state index contributed by atoms with van der Waals surface area (Å²) < 4.78 is 1.09. The van der Waals surface area contributed by atoms with Crippen LogP contribution in [0, 0.1) is 17.3 Å². The molecule has 102 valence electrons. The second-order valence-corrected chi connectivity index (χ2v) is 8.55. The second kappa shape index (κ2) is 5.88. The standard InChI is InChI=1S/C13H23N3S2/c1-13(2,3)10-5-4-9(7-14)11(6-10)18-12-16-15-8-17-12/h8-11H,4-7,14H2,1-3H3. The molecule has 1 aromatic heterocycles. The Balaban J connectivity index is 2.04. The summed E-state index contributed by atoms with van der Waals surface area (Å²) in [6.07, 6.45) is 3.84. The molecule has 5 heteroatoms. The van der Waals surface area contributed by atoms with Crippen LogP contribution < -0.4 is 5.73 Å². The summed E-state index contributed by atoms with van der Waals surface area (Å²) in [5.74, 6) is 1.43. The van der Waals surface area contributed by atoms with Crippen LogP contribution in [-0.4, -0.2) is 22.0 Å². The van der Waals surface area contributed by atoms with Crippen molar-refractivity contribution >= 4 is 23.1 Å². The fraction of sp³-hybridized carbons (Fsp3) is 0.846. The Kier molecular flexibility index (Phi) is 4.67. The lowest BCUT2D eigenvalue weighted by molar-refractivity contribution is 0.157. The minimum Gasteiger partial charge on any atom is -0.330 e. The average Bonchev–Trinajstić information content (AvgIpc) is 2.80. The van der Waals surface area contributed by atoms with Gasteiger partial charge in [-0.05, 0) is 43.1 Å². The van der Waals surface area contributed by atoms with E-state index in [0.717, 1.165) is 16.8 Å². The first-order valence-electron chi connectivity index (χ1n) is 6.63. The highest BCUT2D eigenvalue weighted by atomic mass is 32.2. The van der Waals surface area contributed by atoms with Gasteiger partial charge in [0, 0.05) is 5.25 Å². The highest BCUT2D eigenvalue weighted by Crippen LogP contribution is 2.45. The van der Waals surface area contributed by atoms with Crippen LogP contribution in [0.4, 0.5) is 0 Å². The predicted octanol–water partition coefficient (Wildman–Crippen LogP) is 3.42. The van der Waals surface area contributed by atoms with E-state index in [4.69, 9.17) is 5.73 Å². The predicted molar refractivity (Wildman–Crippen MR) is 78.9 cm³/mol. The van der Waals surface area contributed by atoms with Gasteiger partial charge in [0.2, 0.25) is 0 Å². The molecular weight excluding hydrogens is 262 g/mol. The van der Waals surface area contributed by atoms with Crippen molar-refractivity contribution in [3.63, 3.8) is 0 Å². The highest BCUT2D eigenvalue weighted by molar-refractivity contribution is 8.01. The third-order valence-electron chi connectivity index (χ3n) is 4.05. The summed E-state index contributed by atoms with van der Waals surface area (Å²) >= 11 is 3.53. The van der Waals surface area contributed by atoms with Crippen molar-refractivity contribution in [2.24, 2.45) is 23.0 Å². The van der Waals surface area contributed by atoms with E-state index in [1.807, 2.05) is 17.3 Å². The van der Waals surface area contributed by atoms with Crippen molar-refractivity contribution in [3.8, 4) is 0 Å². The second-order valence-electron chi connectivity index (χ2n) is 6.23. The maximum atomic E-state index is 5.93. The monoisotopic (exact) mass is 285 g/mol. The van der Waals surface area contributed by atoms with Gasteiger partial charge in [-0.1, -0.05) is 43.9 Å². The first kappa shape index (κ1) is 14.3. The van der Waals surface area contributed by atoms with E-state index in [2.05, 4.69) is 31.0 Å². The van der Waals surface area contributed by atoms with Crippen LogP contribution in [0.25, 0.3) is 0 Å². The van der Waals surface area contributed by atoms with Gasteiger partial charge in [-0.15, -0.1) is 10.2 Å². The molecule has 0 spiro atoms. The number of hydrogen-bond acceptors (Lipinski definition) is 5. The zero-order chi connectivity index (χ0) is 13.2. The molecule has 1 heterocycles. The molecule has 1 saturated carbocycles. The van der Waals surface area contributed by atoms with E-state index in [1.165, 1.54) is 19.3 Å². The molecular formula is C13H23N3S2. The van der Waals surface area contributed by atoms with Crippen LogP contribution in [0.15, 0.2) is 9.85 Å². The van der Waals surface area contributed by atoms with E-state index >= 15 is 0 Å². The lowest BCUT2D eigenvalue weighted by Crippen LogP contribution is -2.36. The number of thioether (sulfide) groups is 1. The fourth-order valence-corrected chi connectivity index (χ4v) is 4.86. The number of nitrogens with two attached hydrogens (primary N) is 1. The molecule has 3 nitrogen and oxygen atoms in total. The summed E-state index contributed by atoms with van der Waals surface area (Å²) in [7, 11) is 0. The van der Waals surface area contributed by atoms with Crippen molar-refractivity contribution in [1.82, 2.24) is 10.2 Å². The zero-order valence-electron chi connectivity index (χ0n) is 11.4. The number of aromatic nitrogens is 2. The third-order valence-corrected chi connectivity index (χ3v) is 6.27. The first-order valence-corrected chi connectivity index (χ1v) is 8.39. The van der Waals surface area contributed by atoms with E-state index in [0.29, 0.717) is 16.6 Å². The Hall–Kier alpha value is -0.130. The fourth-order valence-electron chi connectivity index (χ4n) is 2.74. The molecule has 3 unspecified atom stereocenters. The van der Waals surface area contributed by atoms with Crippen LogP contribution in [0.5, 0.6) is 0 Å². The molecule has 2 rings (SSSR count). The Morgan fingerprint density at radius 3 is 2.78 bits per heavy atom. The molecule has 3 atom stereocenters. The van der Waals surface area contributed by atoms with Gasteiger partial charge < -0.3 is 5.73 Å². The van der Waals surface area contributed by atoms with Crippen LogP contribution in [-0.2, 0) is 0 Å². The normalized spacial score (nSPS) is 29.4. The molecule has 0 bridgehead atoms. The lowest BCUT2D eigenvalue weighted by Gasteiger charge is -2.41. The largest absolute Gasteiger partial charge is 0.330 e. The van der Waals surface area contributed by atoms with Crippen molar-refractivity contribution in [2.45, 2.75) is 49.6 Å². The molecule has 1 aliphatic rings. The Morgan fingerprint density at radius 2 is 2.22 bits per heavy atom. The van der Waals surface area contributed by atoms with Crippen molar-refractivity contribution in [1.29, 1.82) is 0 Å². The molecule has 1 aliphatic carbocycles. The van der Waals surface area contributed by atoms with Crippen molar-refractivity contribution < 1.29 is 0 Å². The quantitative estimate of drug-likeness (QED) is 0.924. The maximum absolute atomic E-state index is 5.93. The lowest BCUT2D eigenvalue weighted by atomic mass is 9.69. The SMILES string of the molecule is CC(C)(C)C1CCC(CN)C(Sc2nncs2)C1. The van der Waals surface area contributed by atoms with Gasteiger partial charge in [0.1, 0.15) is 5.51 Å².